The van der Waals surface area contributed by atoms with Crippen molar-refractivity contribution in [1.29, 1.82) is 0 Å². The lowest BCUT2D eigenvalue weighted by molar-refractivity contribution is -0.130. The molecule has 0 spiro atoms. The van der Waals surface area contributed by atoms with Crippen molar-refractivity contribution in [2.45, 2.75) is 18.2 Å². The number of halogens is 3. The topological polar surface area (TPSA) is 20.3 Å². The van der Waals surface area contributed by atoms with E-state index in [-0.39, 0.29) is 5.91 Å². The van der Waals surface area contributed by atoms with Crippen molar-refractivity contribution in [3.63, 3.8) is 0 Å². The van der Waals surface area contributed by atoms with Crippen LogP contribution in [0, 0.1) is 0 Å². The molecule has 0 aromatic carbocycles. The second kappa shape index (κ2) is 4.64. The van der Waals surface area contributed by atoms with E-state index < -0.39 is 17.8 Å². The van der Waals surface area contributed by atoms with Crippen molar-refractivity contribution in [2.75, 3.05) is 13.6 Å². The highest BCUT2D eigenvalue weighted by atomic mass is 79.9. The van der Waals surface area contributed by atoms with Gasteiger partial charge in [0, 0.05) is 7.05 Å². The van der Waals surface area contributed by atoms with Gasteiger partial charge in [-0.3, -0.25) is 4.79 Å². The van der Waals surface area contributed by atoms with Crippen molar-refractivity contribution in [3.05, 3.63) is 0 Å². The van der Waals surface area contributed by atoms with Crippen molar-refractivity contribution in [3.8, 4) is 0 Å². The van der Waals surface area contributed by atoms with E-state index in [0.717, 1.165) is 4.90 Å². The Bertz CT molecular complexity index is 141. The van der Waals surface area contributed by atoms with Crippen molar-refractivity contribution < 1.29 is 13.6 Å². The Morgan fingerprint density at radius 1 is 1.64 bits per heavy atom. The zero-order chi connectivity index (χ0) is 9.02. The summed E-state index contributed by atoms with van der Waals surface area (Å²) in [5, 5.41) is 0. The van der Waals surface area contributed by atoms with E-state index in [1.165, 1.54) is 7.05 Å². The van der Waals surface area contributed by atoms with Crippen LogP contribution in [0.25, 0.3) is 0 Å². The second-order valence-corrected chi connectivity index (χ2v) is 3.60. The summed E-state index contributed by atoms with van der Waals surface area (Å²) >= 11 is 2.99. The van der Waals surface area contributed by atoms with Crippen LogP contribution in [0.5, 0.6) is 0 Å². The molecular weight excluding hydrogens is 220 g/mol. The van der Waals surface area contributed by atoms with Crippen molar-refractivity contribution in [1.82, 2.24) is 4.90 Å². The van der Waals surface area contributed by atoms with E-state index >= 15 is 0 Å². The summed E-state index contributed by atoms with van der Waals surface area (Å²) in [6, 6.07) is 0. The normalized spacial score (nSPS) is 13.3. The highest BCUT2D eigenvalue weighted by molar-refractivity contribution is 9.10. The number of carbonyl (C=O) groups is 1. The minimum atomic E-state index is -2.46. The first-order chi connectivity index (χ1) is 4.95. The molecule has 0 aliphatic heterocycles. The fraction of sp³-hybridized carbons (Fsp3) is 0.833. The molecule has 0 bridgehead atoms. The van der Waals surface area contributed by atoms with Crippen molar-refractivity contribution >= 4 is 21.8 Å². The fourth-order valence-electron chi connectivity index (χ4n) is 0.601. The number of hydrogen-bond donors (Lipinski definition) is 0. The van der Waals surface area contributed by atoms with Gasteiger partial charge in [0.25, 0.3) is 6.43 Å². The quantitative estimate of drug-likeness (QED) is 0.672. The molecular formula is C6H10BrF2NO. The Labute approximate surface area is 72.7 Å². The summed E-state index contributed by atoms with van der Waals surface area (Å²) in [5.74, 6) is -0.328. The molecule has 0 aromatic rings. The van der Waals surface area contributed by atoms with Gasteiger partial charge in [-0.1, -0.05) is 15.9 Å². The van der Waals surface area contributed by atoms with Gasteiger partial charge in [0.15, 0.2) is 0 Å². The van der Waals surface area contributed by atoms with Crippen LogP contribution in [-0.2, 0) is 4.79 Å². The molecule has 0 rings (SSSR count). The van der Waals surface area contributed by atoms with Gasteiger partial charge in [0.1, 0.15) is 0 Å². The van der Waals surface area contributed by atoms with E-state index in [9.17, 15) is 13.6 Å². The van der Waals surface area contributed by atoms with E-state index in [4.69, 9.17) is 0 Å². The maximum Gasteiger partial charge on any atom is 0.255 e. The third-order valence-corrected chi connectivity index (χ3v) is 1.52. The first-order valence-corrected chi connectivity index (χ1v) is 4.04. The number of rotatable bonds is 3. The summed E-state index contributed by atoms with van der Waals surface area (Å²) in [6.07, 6.45) is -2.46. The van der Waals surface area contributed by atoms with E-state index in [2.05, 4.69) is 15.9 Å². The van der Waals surface area contributed by atoms with Crippen LogP contribution in [0.3, 0.4) is 0 Å². The second-order valence-electron chi connectivity index (χ2n) is 2.23. The minimum absolute atomic E-state index is 0.328. The van der Waals surface area contributed by atoms with Gasteiger partial charge in [-0.2, -0.15) is 0 Å². The first-order valence-electron chi connectivity index (χ1n) is 3.12. The molecule has 0 radical (unpaired) electrons. The summed E-state index contributed by atoms with van der Waals surface area (Å²) in [4.78, 5) is 11.5. The lowest BCUT2D eigenvalue weighted by Gasteiger charge is -2.17. The van der Waals surface area contributed by atoms with Crippen LogP contribution in [0.2, 0.25) is 0 Å². The number of amides is 1. The summed E-state index contributed by atoms with van der Waals surface area (Å²) in [5.41, 5.74) is 0. The van der Waals surface area contributed by atoms with Crippen LogP contribution in [0.4, 0.5) is 8.78 Å². The lowest BCUT2D eigenvalue weighted by atomic mass is 10.4. The molecule has 11 heavy (non-hydrogen) atoms. The van der Waals surface area contributed by atoms with Gasteiger partial charge in [0.2, 0.25) is 5.91 Å². The van der Waals surface area contributed by atoms with E-state index in [0.29, 0.717) is 0 Å². The average molecular weight is 230 g/mol. The van der Waals surface area contributed by atoms with Gasteiger partial charge in [0.05, 0.1) is 11.4 Å². The monoisotopic (exact) mass is 229 g/mol. The molecule has 0 aliphatic rings. The molecule has 0 aromatic heterocycles. The molecule has 1 amide bonds. The van der Waals surface area contributed by atoms with Gasteiger partial charge in [-0.15, -0.1) is 0 Å². The van der Waals surface area contributed by atoms with Gasteiger partial charge < -0.3 is 4.90 Å². The maximum absolute atomic E-state index is 11.7. The van der Waals surface area contributed by atoms with E-state index in [1.54, 1.807) is 6.92 Å². The molecule has 66 valence electrons. The Balaban J connectivity index is 3.83. The number of carbonyl (C=O) groups excluding carboxylic acids is 1. The SMILES string of the molecule is CC(Br)C(=O)N(C)CC(F)F. The highest BCUT2D eigenvalue weighted by Crippen LogP contribution is 2.04. The lowest BCUT2D eigenvalue weighted by Crippen LogP contribution is -2.35. The fourth-order valence-corrected chi connectivity index (χ4v) is 0.950. The van der Waals surface area contributed by atoms with Gasteiger partial charge in [-0.25, -0.2) is 8.78 Å². The zero-order valence-electron chi connectivity index (χ0n) is 6.35. The maximum atomic E-state index is 11.7. The predicted molar refractivity (Wildman–Crippen MR) is 42.0 cm³/mol. The first kappa shape index (κ1) is 10.8. The number of nitrogens with zero attached hydrogens (tertiary/aromatic N) is 1. The average Bonchev–Trinajstić information content (AvgIpc) is 1.84. The number of hydrogen-bond acceptors (Lipinski definition) is 1. The van der Waals surface area contributed by atoms with Gasteiger partial charge >= 0.3 is 0 Å². The summed E-state index contributed by atoms with van der Waals surface area (Å²) in [7, 11) is 1.35. The molecule has 1 unspecified atom stereocenters. The largest absolute Gasteiger partial charge is 0.339 e. The molecule has 0 saturated carbocycles. The highest BCUT2D eigenvalue weighted by Gasteiger charge is 2.17. The predicted octanol–water partition coefficient (Wildman–Crippen LogP) is 1.49. The van der Waals surface area contributed by atoms with Crippen LogP contribution >= 0.6 is 15.9 Å². The van der Waals surface area contributed by atoms with Gasteiger partial charge in [-0.05, 0) is 6.92 Å². The zero-order valence-corrected chi connectivity index (χ0v) is 7.94. The Kier molecular flexibility index (Phi) is 4.56. The van der Waals surface area contributed by atoms with Crippen molar-refractivity contribution in [2.24, 2.45) is 0 Å². The smallest absolute Gasteiger partial charge is 0.255 e. The molecule has 0 saturated heterocycles. The standard InChI is InChI=1S/C6H10BrF2NO/c1-4(7)6(11)10(2)3-5(8)9/h4-5H,3H2,1-2H3. The summed E-state index contributed by atoms with van der Waals surface area (Å²) in [6.45, 7) is 1.10. The van der Waals surface area contributed by atoms with Crippen LogP contribution in [-0.4, -0.2) is 35.7 Å². The molecule has 0 fully saturated rings. The van der Waals surface area contributed by atoms with Crippen LogP contribution in [0.15, 0.2) is 0 Å². The molecule has 5 heteroatoms. The third kappa shape index (κ3) is 4.29. The molecule has 0 heterocycles. The summed E-state index contributed by atoms with van der Waals surface area (Å²) < 4.78 is 23.4. The van der Waals surface area contributed by atoms with Crippen LogP contribution in [0.1, 0.15) is 6.92 Å². The Hall–Kier alpha value is -0.190. The Morgan fingerprint density at radius 2 is 2.09 bits per heavy atom. The van der Waals surface area contributed by atoms with E-state index in [1.807, 2.05) is 0 Å². The minimum Gasteiger partial charge on any atom is -0.339 e. The Morgan fingerprint density at radius 3 is 2.36 bits per heavy atom. The number of alkyl halides is 3. The molecule has 0 aliphatic carbocycles. The van der Waals surface area contributed by atoms with Crippen LogP contribution < -0.4 is 0 Å². The molecule has 2 nitrogen and oxygen atoms in total. The third-order valence-electron chi connectivity index (χ3n) is 1.13. The molecule has 1 atom stereocenters. The molecule has 0 N–H and O–H groups in total.